The smallest absolute Gasteiger partial charge is 0.251 e. The number of aryl methyl sites for hydroxylation is 2. The molecule has 0 radical (unpaired) electrons. The van der Waals surface area contributed by atoms with E-state index >= 15 is 0 Å². The molecule has 0 atom stereocenters. The fraction of sp³-hybridized carbons (Fsp3) is 0.474. The molecule has 7 heteroatoms. The van der Waals surface area contributed by atoms with Gasteiger partial charge >= 0.3 is 0 Å². The Morgan fingerprint density at radius 1 is 1.19 bits per heavy atom. The number of nitrogens with one attached hydrogen (secondary N) is 2. The summed E-state index contributed by atoms with van der Waals surface area (Å²) >= 11 is 0. The van der Waals surface area contributed by atoms with Crippen molar-refractivity contribution in [2.24, 2.45) is 0 Å². The zero-order valence-electron chi connectivity index (χ0n) is 15.5. The predicted molar refractivity (Wildman–Crippen MR) is 106 cm³/mol. The highest BCUT2D eigenvalue weighted by Crippen LogP contribution is 2.09. The first kappa shape index (κ1) is 20.4. The third-order valence-corrected chi connectivity index (χ3v) is 4.58. The molecule has 1 amide bonds. The van der Waals surface area contributed by atoms with Crippen molar-refractivity contribution < 1.29 is 4.79 Å². The van der Waals surface area contributed by atoms with Crippen LogP contribution in [0.25, 0.3) is 0 Å². The molecule has 1 fully saturated rings. The molecule has 1 aliphatic heterocycles. The van der Waals surface area contributed by atoms with E-state index in [4.69, 9.17) is 0 Å². The molecule has 6 nitrogen and oxygen atoms in total. The van der Waals surface area contributed by atoms with Crippen LogP contribution >= 0.6 is 12.4 Å². The van der Waals surface area contributed by atoms with Crippen molar-refractivity contribution in [1.29, 1.82) is 0 Å². The van der Waals surface area contributed by atoms with E-state index in [9.17, 15) is 4.79 Å². The van der Waals surface area contributed by atoms with Gasteiger partial charge in [-0.15, -0.1) is 12.4 Å². The molecule has 2 heterocycles. The van der Waals surface area contributed by atoms with Crippen molar-refractivity contribution in [3.8, 4) is 0 Å². The molecule has 0 spiro atoms. The van der Waals surface area contributed by atoms with Crippen LogP contribution in [0, 0.1) is 13.8 Å². The summed E-state index contributed by atoms with van der Waals surface area (Å²) < 4.78 is 1.98. The van der Waals surface area contributed by atoms with Crippen molar-refractivity contribution >= 4 is 18.3 Å². The van der Waals surface area contributed by atoms with Crippen molar-refractivity contribution in [2.75, 3.05) is 39.3 Å². The molecule has 142 valence electrons. The summed E-state index contributed by atoms with van der Waals surface area (Å²) in [6.45, 7) is 10.5. The average Bonchev–Trinajstić information content (AvgIpc) is 2.93. The molecule has 2 aromatic rings. The molecule has 26 heavy (non-hydrogen) atoms. The van der Waals surface area contributed by atoms with Crippen LogP contribution in [0.3, 0.4) is 0 Å². The predicted octanol–water partition coefficient (Wildman–Crippen LogP) is 1.61. The second-order valence-corrected chi connectivity index (χ2v) is 6.63. The van der Waals surface area contributed by atoms with Crippen LogP contribution in [-0.4, -0.2) is 59.9 Å². The molecule has 3 rings (SSSR count). The summed E-state index contributed by atoms with van der Waals surface area (Å²) in [5.74, 6) is -0.00667. The minimum absolute atomic E-state index is 0. The van der Waals surface area contributed by atoms with Crippen LogP contribution in [0.15, 0.2) is 30.3 Å². The molecule has 0 saturated carbocycles. The van der Waals surface area contributed by atoms with E-state index in [2.05, 4.69) is 33.6 Å². The average molecular weight is 378 g/mol. The van der Waals surface area contributed by atoms with Crippen LogP contribution in [0.1, 0.15) is 27.3 Å². The van der Waals surface area contributed by atoms with Crippen LogP contribution in [0.4, 0.5) is 0 Å². The summed E-state index contributed by atoms with van der Waals surface area (Å²) in [7, 11) is 0. The third kappa shape index (κ3) is 5.56. The highest BCUT2D eigenvalue weighted by atomic mass is 35.5. The highest BCUT2D eigenvalue weighted by molar-refractivity contribution is 5.94. The normalized spacial score (nSPS) is 14.7. The molecule has 1 aliphatic rings. The highest BCUT2D eigenvalue weighted by Gasteiger charge is 2.10. The zero-order valence-corrected chi connectivity index (χ0v) is 16.3. The number of aromatic nitrogens is 2. The van der Waals surface area contributed by atoms with Gasteiger partial charge in [-0.25, -0.2) is 0 Å². The fourth-order valence-electron chi connectivity index (χ4n) is 3.13. The second-order valence-electron chi connectivity index (χ2n) is 6.63. The van der Waals surface area contributed by atoms with E-state index in [0.29, 0.717) is 12.1 Å². The van der Waals surface area contributed by atoms with E-state index in [1.54, 1.807) is 0 Å². The van der Waals surface area contributed by atoms with Gasteiger partial charge in [0.15, 0.2) is 0 Å². The lowest BCUT2D eigenvalue weighted by molar-refractivity contribution is 0.0947. The maximum Gasteiger partial charge on any atom is 0.251 e. The molecule has 1 aromatic carbocycles. The Labute approximate surface area is 161 Å². The molecule has 0 unspecified atom stereocenters. The first-order valence-corrected chi connectivity index (χ1v) is 8.93. The van der Waals surface area contributed by atoms with Crippen molar-refractivity contribution in [2.45, 2.75) is 20.4 Å². The van der Waals surface area contributed by atoms with E-state index < -0.39 is 0 Å². The van der Waals surface area contributed by atoms with Crippen LogP contribution in [-0.2, 0) is 6.54 Å². The van der Waals surface area contributed by atoms with Gasteiger partial charge in [-0.3, -0.25) is 14.4 Å². The number of rotatable bonds is 6. The van der Waals surface area contributed by atoms with Gasteiger partial charge in [0.25, 0.3) is 5.91 Å². The number of carbonyl (C=O) groups is 1. The second kappa shape index (κ2) is 9.71. The number of nitrogens with zero attached hydrogens (tertiary/aromatic N) is 3. The maximum atomic E-state index is 12.3. The lowest BCUT2D eigenvalue weighted by Crippen LogP contribution is -2.46. The van der Waals surface area contributed by atoms with Gasteiger partial charge in [0.1, 0.15) is 0 Å². The number of amides is 1. The largest absolute Gasteiger partial charge is 0.351 e. The minimum atomic E-state index is -0.00667. The Balaban J connectivity index is 0.00000243. The van der Waals surface area contributed by atoms with E-state index in [-0.39, 0.29) is 18.3 Å². The van der Waals surface area contributed by atoms with Gasteiger partial charge in [-0.1, -0.05) is 12.1 Å². The third-order valence-electron chi connectivity index (χ3n) is 4.58. The Morgan fingerprint density at radius 2 is 1.88 bits per heavy atom. The molecule has 2 N–H and O–H groups in total. The standard InChI is InChI=1S/C19H27N5O.ClH/c1-15-13-16(2)24(22-15)14-17-3-5-18(6-4-17)19(25)21-9-12-23-10-7-20-8-11-23;/h3-6,13,20H,7-12,14H2,1-2H3,(H,21,25);1H. The Hall–Kier alpha value is -1.89. The number of hydrogen-bond donors (Lipinski definition) is 2. The Bertz CT molecular complexity index is 707. The molecular formula is C19H28ClN5O. The number of piperazine rings is 1. The molecule has 0 bridgehead atoms. The molecule has 1 saturated heterocycles. The van der Waals surface area contributed by atoms with E-state index in [0.717, 1.165) is 56.2 Å². The monoisotopic (exact) mass is 377 g/mol. The van der Waals surface area contributed by atoms with Gasteiger partial charge in [0, 0.05) is 50.5 Å². The first-order chi connectivity index (χ1) is 12.1. The molecule has 1 aromatic heterocycles. The topological polar surface area (TPSA) is 62.2 Å². The van der Waals surface area contributed by atoms with Gasteiger partial charge in [0.05, 0.1) is 12.2 Å². The molecular weight excluding hydrogens is 350 g/mol. The quantitative estimate of drug-likeness (QED) is 0.802. The van der Waals surface area contributed by atoms with Crippen LogP contribution in [0.5, 0.6) is 0 Å². The van der Waals surface area contributed by atoms with Gasteiger partial charge in [-0.2, -0.15) is 5.10 Å². The first-order valence-electron chi connectivity index (χ1n) is 8.93. The number of halogens is 1. The maximum absolute atomic E-state index is 12.3. The minimum Gasteiger partial charge on any atom is -0.351 e. The summed E-state index contributed by atoms with van der Waals surface area (Å²) in [5, 5.41) is 10.8. The number of hydrogen-bond acceptors (Lipinski definition) is 4. The summed E-state index contributed by atoms with van der Waals surface area (Å²) in [4.78, 5) is 14.6. The van der Waals surface area contributed by atoms with E-state index in [1.165, 1.54) is 0 Å². The van der Waals surface area contributed by atoms with Crippen molar-refractivity contribution in [3.05, 3.63) is 52.8 Å². The van der Waals surface area contributed by atoms with Crippen LogP contribution < -0.4 is 10.6 Å². The van der Waals surface area contributed by atoms with Gasteiger partial charge < -0.3 is 10.6 Å². The Morgan fingerprint density at radius 3 is 2.50 bits per heavy atom. The summed E-state index contributed by atoms with van der Waals surface area (Å²) in [6.07, 6.45) is 0. The van der Waals surface area contributed by atoms with Crippen molar-refractivity contribution in [3.63, 3.8) is 0 Å². The molecule has 0 aliphatic carbocycles. The van der Waals surface area contributed by atoms with Gasteiger partial charge in [-0.05, 0) is 37.6 Å². The Kier molecular flexibility index (Phi) is 7.63. The van der Waals surface area contributed by atoms with Crippen LogP contribution in [0.2, 0.25) is 0 Å². The number of benzene rings is 1. The lowest BCUT2D eigenvalue weighted by Gasteiger charge is -2.27. The summed E-state index contributed by atoms with van der Waals surface area (Å²) in [6, 6.07) is 9.85. The SMILES string of the molecule is Cc1cc(C)n(Cc2ccc(C(=O)NCCN3CCNCC3)cc2)n1.Cl. The number of carbonyl (C=O) groups excluding carboxylic acids is 1. The van der Waals surface area contributed by atoms with Gasteiger partial charge in [0.2, 0.25) is 0 Å². The fourth-order valence-corrected chi connectivity index (χ4v) is 3.13. The van der Waals surface area contributed by atoms with Crippen molar-refractivity contribution in [1.82, 2.24) is 25.3 Å². The van der Waals surface area contributed by atoms with E-state index in [1.807, 2.05) is 35.9 Å². The lowest BCUT2D eigenvalue weighted by atomic mass is 10.1. The summed E-state index contributed by atoms with van der Waals surface area (Å²) in [5.41, 5.74) is 4.02. The zero-order chi connectivity index (χ0) is 17.6.